The molecule has 0 aliphatic rings. The molecule has 21 heavy (non-hydrogen) atoms. The number of benzene rings is 2. The van der Waals surface area contributed by atoms with Crippen molar-refractivity contribution in [2.75, 3.05) is 6.26 Å². The molecule has 0 saturated heterocycles. The van der Waals surface area contributed by atoms with Crippen LogP contribution in [0.1, 0.15) is 11.1 Å². The van der Waals surface area contributed by atoms with Crippen LogP contribution in [0.25, 0.3) is 11.0 Å². The minimum Gasteiger partial charge on any atom is -0.508 e. The number of rotatable bonds is 3. The average molecular weight is 298 g/mol. The van der Waals surface area contributed by atoms with Gasteiger partial charge in [-0.2, -0.15) is 0 Å². The molecule has 0 saturated carbocycles. The summed E-state index contributed by atoms with van der Waals surface area (Å²) in [6.07, 6.45) is 2.23. The predicted octanol–water partition coefficient (Wildman–Crippen LogP) is 3.81. The van der Waals surface area contributed by atoms with Crippen molar-refractivity contribution in [1.29, 1.82) is 0 Å². The number of fused-ring (bicyclic) bond motifs is 1. The van der Waals surface area contributed by atoms with Crippen LogP contribution in [0.4, 0.5) is 0 Å². The van der Waals surface area contributed by atoms with Crippen molar-refractivity contribution in [1.82, 2.24) is 0 Å². The minimum atomic E-state index is -0.0375. The fraction of sp³-hybridized carbons (Fsp3) is 0.118. The first-order chi connectivity index (χ1) is 10.2. The first-order valence-corrected chi connectivity index (χ1v) is 7.78. The zero-order chi connectivity index (χ0) is 14.8. The highest BCUT2D eigenvalue weighted by atomic mass is 32.2. The number of aromatic hydroxyl groups is 1. The van der Waals surface area contributed by atoms with E-state index in [1.807, 2.05) is 30.5 Å². The van der Waals surface area contributed by atoms with Gasteiger partial charge in [0.2, 0.25) is 0 Å². The van der Waals surface area contributed by atoms with Gasteiger partial charge in [-0.15, -0.1) is 0 Å². The fourth-order valence-corrected chi connectivity index (χ4v) is 2.91. The molecule has 0 bridgehead atoms. The van der Waals surface area contributed by atoms with Crippen molar-refractivity contribution < 1.29 is 9.52 Å². The van der Waals surface area contributed by atoms with Crippen LogP contribution in [-0.4, -0.2) is 11.4 Å². The van der Waals surface area contributed by atoms with Crippen molar-refractivity contribution >= 4 is 22.7 Å². The van der Waals surface area contributed by atoms with Gasteiger partial charge in [-0.25, -0.2) is 0 Å². The first kappa shape index (κ1) is 13.8. The molecule has 4 heteroatoms. The third-order valence-electron chi connectivity index (χ3n) is 3.40. The van der Waals surface area contributed by atoms with Crippen molar-refractivity contribution in [2.24, 2.45) is 0 Å². The quantitative estimate of drug-likeness (QED) is 0.747. The van der Waals surface area contributed by atoms with Crippen LogP contribution >= 0.6 is 11.8 Å². The van der Waals surface area contributed by atoms with Gasteiger partial charge in [0.15, 0.2) is 10.5 Å². The molecule has 106 valence electrons. The van der Waals surface area contributed by atoms with E-state index in [1.54, 1.807) is 24.3 Å². The summed E-state index contributed by atoms with van der Waals surface area (Å²) in [4.78, 5) is 12.7. The van der Waals surface area contributed by atoms with E-state index in [4.69, 9.17) is 4.42 Å². The van der Waals surface area contributed by atoms with Gasteiger partial charge in [-0.05, 0) is 30.0 Å². The average Bonchev–Trinajstić information content (AvgIpc) is 2.52. The molecule has 3 rings (SSSR count). The number of phenols is 1. The monoisotopic (exact) mass is 298 g/mol. The Morgan fingerprint density at radius 3 is 2.57 bits per heavy atom. The van der Waals surface area contributed by atoms with Crippen LogP contribution in [0.5, 0.6) is 5.75 Å². The minimum absolute atomic E-state index is 0.0375. The maximum atomic E-state index is 12.7. The summed E-state index contributed by atoms with van der Waals surface area (Å²) in [5.74, 6) is 0.192. The predicted molar refractivity (Wildman–Crippen MR) is 85.2 cm³/mol. The highest BCUT2D eigenvalue weighted by Crippen LogP contribution is 2.27. The zero-order valence-corrected chi connectivity index (χ0v) is 12.3. The summed E-state index contributed by atoms with van der Waals surface area (Å²) < 4.78 is 5.82. The molecule has 2 aromatic carbocycles. The second-order valence-corrected chi connectivity index (χ2v) is 5.48. The topological polar surface area (TPSA) is 50.4 Å². The van der Waals surface area contributed by atoms with E-state index in [1.165, 1.54) is 11.8 Å². The Kier molecular flexibility index (Phi) is 3.71. The Bertz CT molecular complexity index is 852. The molecule has 3 nitrogen and oxygen atoms in total. The van der Waals surface area contributed by atoms with E-state index in [2.05, 4.69) is 0 Å². The molecule has 1 heterocycles. The molecular weight excluding hydrogens is 284 g/mol. The van der Waals surface area contributed by atoms with Gasteiger partial charge in [0, 0.05) is 6.42 Å². The van der Waals surface area contributed by atoms with Gasteiger partial charge < -0.3 is 9.52 Å². The smallest absolute Gasteiger partial charge is 0.197 e. The molecule has 1 aromatic heterocycles. The number of phenolic OH excluding ortho intramolecular Hbond substituents is 1. The summed E-state index contributed by atoms with van der Waals surface area (Å²) in [7, 11) is 0. The maximum absolute atomic E-state index is 12.7. The second-order valence-electron chi connectivity index (χ2n) is 4.70. The molecule has 3 aromatic rings. The largest absolute Gasteiger partial charge is 0.508 e. The number of para-hydroxylation sites is 2. The SMILES string of the molecule is CSc1oc2ccccc2c(=O)c1Cc1ccccc1O. The van der Waals surface area contributed by atoms with Crippen molar-refractivity contribution in [3.05, 3.63) is 69.9 Å². The molecular formula is C17H14O3S. The fourth-order valence-electron chi connectivity index (χ4n) is 2.33. The van der Waals surface area contributed by atoms with Gasteiger partial charge in [0.25, 0.3) is 0 Å². The Hall–Kier alpha value is -2.20. The Labute approximate surface area is 126 Å². The van der Waals surface area contributed by atoms with Crippen LogP contribution in [0.15, 0.2) is 62.8 Å². The first-order valence-electron chi connectivity index (χ1n) is 6.56. The van der Waals surface area contributed by atoms with E-state index in [9.17, 15) is 9.90 Å². The van der Waals surface area contributed by atoms with Gasteiger partial charge >= 0.3 is 0 Å². The van der Waals surface area contributed by atoms with Crippen molar-refractivity contribution in [3.63, 3.8) is 0 Å². The number of hydrogen-bond donors (Lipinski definition) is 1. The molecule has 0 amide bonds. The Balaban J connectivity index is 2.20. The van der Waals surface area contributed by atoms with Crippen LogP contribution in [-0.2, 0) is 6.42 Å². The van der Waals surface area contributed by atoms with Crippen LogP contribution < -0.4 is 5.43 Å². The second kappa shape index (κ2) is 5.66. The summed E-state index contributed by atoms with van der Waals surface area (Å²) in [5, 5.41) is 11.1. The summed E-state index contributed by atoms with van der Waals surface area (Å²) in [6.45, 7) is 0. The van der Waals surface area contributed by atoms with Crippen LogP contribution in [0.3, 0.4) is 0 Å². The highest BCUT2D eigenvalue weighted by Gasteiger charge is 2.15. The Morgan fingerprint density at radius 2 is 1.81 bits per heavy atom. The number of thioether (sulfide) groups is 1. The van der Waals surface area contributed by atoms with Gasteiger partial charge in [-0.1, -0.05) is 42.1 Å². The highest BCUT2D eigenvalue weighted by molar-refractivity contribution is 7.98. The lowest BCUT2D eigenvalue weighted by atomic mass is 10.0. The molecule has 0 radical (unpaired) electrons. The molecule has 0 aliphatic heterocycles. The van der Waals surface area contributed by atoms with Gasteiger partial charge in [-0.3, -0.25) is 4.79 Å². The summed E-state index contributed by atoms with van der Waals surface area (Å²) >= 11 is 1.40. The third kappa shape index (κ3) is 2.54. The van der Waals surface area contributed by atoms with Crippen molar-refractivity contribution in [3.8, 4) is 5.75 Å². The van der Waals surface area contributed by atoms with Gasteiger partial charge in [0.05, 0.1) is 10.9 Å². The molecule has 0 unspecified atom stereocenters. The van der Waals surface area contributed by atoms with E-state index in [0.29, 0.717) is 28.0 Å². The number of hydrogen-bond acceptors (Lipinski definition) is 4. The van der Waals surface area contributed by atoms with E-state index in [-0.39, 0.29) is 11.2 Å². The zero-order valence-electron chi connectivity index (χ0n) is 11.5. The Morgan fingerprint density at radius 1 is 1.10 bits per heavy atom. The lowest BCUT2D eigenvalue weighted by molar-refractivity contribution is 0.466. The lowest BCUT2D eigenvalue weighted by Gasteiger charge is -2.09. The molecule has 1 N–H and O–H groups in total. The third-order valence-corrected chi connectivity index (χ3v) is 4.10. The molecule has 0 fully saturated rings. The standard InChI is InChI=1S/C17H14O3S/c1-21-17-13(10-11-6-2-4-8-14(11)18)16(19)12-7-3-5-9-15(12)20-17/h2-9,18H,10H2,1H3. The van der Waals surface area contributed by atoms with E-state index < -0.39 is 0 Å². The lowest BCUT2D eigenvalue weighted by Crippen LogP contribution is -2.11. The molecule has 0 spiro atoms. The van der Waals surface area contributed by atoms with E-state index in [0.717, 1.165) is 5.56 Å². The maximum Gasteiger partial charge on any atom is 0.197 e. The van der Waals surface area contributed by atoms with Gasteiger partial charge in [0.1, 0.15) is 11.3 Å². The molecule has 0 atom stereocenters. The van der Waals surface area contributed by atoms with Crippen LogP contribution in [0.2, 0.25) is 0 Å². The van der Waals surface area contributed by atoms with Crippen molar-refractivity contribution in [2.45, 2.75) is 11.5 Å². The summed E-state index contributed by atoms with van der Waals surface area (Å²) in [5.41, 5.74) is 1.86. The van der Waals surface area contributed by atoms with Crippen LogP contribution in [0, 0.1) is 0 Å². The summed E-state index contributed by atoms with van der Waals surface area (Å²) in [6, 6.07) is 14.3. The molecule has 0 aliphatic carbocycles. The van der Waals surface area contributed by atoms with E-state index >= 15 is 0 Å². The normalized spacial score (nSPS) is 10.9.